The van der Waals surface area contributed by atoms with Crippen LogP contribution in [0, 0.1) is 0 Å². The number of nitrogens with zero attached hydrogens (tertiary/aromatic N) is 24. The van der Waals surface area contributed by atoms with Gasteiger partial charge in [-0.1, -0.05) is 33.1 Å². The summed E-state index contributed by atoms with van der Waals surface area (Å²) >= 11 is 31.5. The van der Waals surface area contributed by atoms with Crippen LogP contribution in [0.2, 0.25) is 0 Å². The normalized spacial score (nSPS) is 37.7. The van der Waals surface area contributed by atoms with Crippen molar-refractivity contribution in [2.24, 2.45) is 0 Å². The summed E-state index contributed by atoms with van der Waals surface area (Å²) in [5.41, 5.74) is 32.1. The van der Waals surface area contributed by atoms with Gasteiger partial charge in [0.05, 0.1) is 61.9 Å². The molecule has 12 aromatic rings. The highest BCUT2D eigenvalue weighted by atomic mass is 32.7. The number of nitrogen functional groups attached to an aromatic ring is 6. The van der Waals surface area contributed by atoms with Crippen LogP contribution in [0.25, 0.3) is 66.9 Å². The molecule has 6 bridgehead atoms. The topological polar surface area (TPSA) is 782 Å². The maximum Gasteiger partial charge on any atom is 0.386 e. The average molecular weight is 2170 g/mol. The van der Waals surface area contributed by atoms with E-state index in [1.54, 1.807) is 6.07 Å². The number of rotatable bonds is 6. The number of anilines is 6. The molecule has 58 nitrogen and oxygen atoms in total. The van der Waals surface area contributed by atoms with Crippen LogP contribution in [-0.2, 0) is 137 Å². The monoisotopic (exact) mass is 2170 g/mol. The number of alkyl halides is 6. The standard InChI is InChI=1S/C20H22F2N10O8P2S3.C19H21F2N11O9P2S2.C18H20F2N12O8P2S3/c21-9-8-4-37-42(35,44)39-12-7(38-18(10(12)22)31-2-1-6-14(23)25-5-26-15(6)31)3-36-41(34,43)40-13(9)19(45-8)32-16-11(29-30-32)17(33)28-20(24)27-16;20-7-5-1-36-42(34,44)40-11-6(39-17(8(11)21)31-4-26-9-13(22)24-3-25-14(9)31)2-37-43(35,45)41-12(7)18(38-5)32-15-10(29-30-32)16(33)28-19(23)27-15;19-6-5-2-37-42(35,44)39-10-4(38-16(7(10)20)31-13-8(27-29-31)12(21)23-3-24-13)1-36-41(34,43)40-11(6)17(45-5)32-14-9(28-30-32)15(33)26-18(22)25-14/h1-2,5,7-10,12-13,18-19H,3-4H2,(H,34,43)(H,35,44)(H2,23,25,26)(H3,24,27,28,33);3-8,11-12,17-18H,1-2H2,(H,34,44)(H,35,45)(H2,22,24,25)(H3,23,27,28,33);3-7,10-11,16-17H,1-2H2,(H,34,43)(H,35,44)(H2,21,23,24)(H3,22,25,26,33)/t7-,8-,9-,10+,12-,13-,18-,19-,41?,42?;5-,6-,7-,8+,11-,12-,17-,18-,42?,43?;4-,5-,6-,7+,10-,11-,16-,17-,41?,42?/m111/s1. The van der Waals surface area contributed by atoms with E-state index in [9.17, 15) is 43.4 Å². The van der Waals surface area contributed by atoms with Gasteiger partial charge in [-0.25, -0.2) is 75.2 Å². The van der Waals surface area contributed by atoms with Crippen molar-refractivity contribution in [3.05, 3.63) is 68.6 Å². The number of aromatic nitrogens is 27. The lowest BCUT2D eigenvalue weighted by atomic mass is 10.1. The predicted octanol–water partition coefficient (Wildman–Crippen LogP) is -0.0236. The van der Waals surface area contributed by atoms with E-state index in [2.05, 4.69) is 118 Å². The summed E-state index contributed by atoms with van der Waals surface area (Å²) < 4.78 is 205. The number of imidazole rings is 1. The molecule has 0 aliphatic carbocycles. The van der Waals surface area contributed by atoms with Crippen molar-refractivity contribution in [1.82, 2.24) is 134 Å². The third kappa shape index (κ3) is 18.9. The molecule has 9 fully saturated rings. The summed E-state index contributed by atoms with van der Waals surface area (Å²) in [4.78, 5) is 138. The van der Waals surface area contributed by atoms with Gasteiger partial charge in [0.15, 0.2) is 112 Å². The quantitative estimate of drug-likeness (QED) is 0.0591. The summed E-state index contributed by atoms with van der Waals surface area (Å²) in [6, 6.07) is 1.57. The van der Waals surface area contributed by atoms with Crippen molar-refractivity contribution < 1.29 is 129 Å². The van der Waals surface area contributed by atoms with E-state index in [0.717, 1.165) is 54.9 Å². The van der Waals surface area contributed by atoms with Gasteiger partial charge in [-0.05, 0) is 65.1 Å². The third-order valence-corrected chi connectivity index (χ3v) is 33.7. The summed E-state index contributed by atoms with van der Waals surface area (Å²) in [6.07, 6.45) is -27.3. The van der Waals surface area contributed by atoms with Crippen LogP contribution in [0.5, 0.6) is 0 Å². The molecule has 0 amide bonds. The summed E-state index contributed by atoms with van der Waals surface area (Å²) in [7, 11) is 0. The summed E-state index contributed by atoms with van der Waals surface area (Å²) in [5, 5.41) is 26.6. The zero-order valence-electron chi connectivity index (χ0n) is 66.4. The number of nitrogens with two attached hydrogens (primary N) is 6. The Morgan fingerprint density at radius 1 is 0.393 bits per heavy atom. The number of ether oxygens (including phenoxy) is 4. The molecule has 9 aliphatic heterocycles. The predicted molar refractivity (Wildman–Crippen MR) is 470 cm³/mol. The van der Waals surface area contributed by atoms with Crippen LogP contribution < -0.4 is 51.1 Å². The Hall–Kier alpha value is -7.44. The molecule has 78 heteroatoms. The molecule has 726 valence electrons. The fourth-order valence-electron chi connectivity index (χ4n) is 15.3. The zero-order chi connectivity index (χ0) is 95.5. The Kier molecular flexibility index (Phi) is 26.4. The fraction of sp³-hybridized carbons (Fsp3) is 0.526. The van der Waals surface area contributed by atoms with E-state index >= 15 is 26.3 Å². The minimum absolute atomic E-state index is 0.0129. The molecular formula is C57H63F6N33O25P6S8. The molecule has 21 heterocycles. The van der Waals surface area contributed by atoms with E-state index in [1.807, 2.05) is 0 Å². The van der Waals surface area contributed by atoms with Crippen molar-refractivity contribution in [2.45, 2.75) is 144 Å². The van der Waals surface area contributed by atoms with Gasteiger partial charge < -0.3 is 105 Å². The molecule has 30 atom stereocenters. The van der Waals surface area contributed by atoms with Crippen LogP contribution >= 0.6 is 76.2 Å². The smallest absolute Gasteiger partial charge is 0.383 e. The van der Waals surface area contributed by atoms with Crippen molar-refractivity contribution >= 4 is 237 Å². The first-order chi connectivity index (χ1) is 63.9. The van der Waals surface area contributed by atoms with Gasteiger partial charge >= 0.3 is 40.4 Å². The number of hydrogen-bond donors (Lipinski definition) is 15. The lowest BCUT2D eigenvalue weighted by molar-refractivity contribution is -0.0639. The zero-order valence-corrected chi connectivity index (χ0v) is 78.4. The first-order valence-corrected chi connectivity index (χ1v) is 55.8. The molecule has 21 rings (SSSR count). The van der Waals surface area contributed by atoms with Crippen molar-refractivity contribution in [3.8, 4) is 0 Å². The molecule has 20 N–H and O–H groups in total. The first kappa shape index (κ1) is 96.4. The molecule has 9 saturated heterocycles. The Labute approximate surface area is 781 Å². The highest BCUT2D eigenvalue weighted by Gasteiger charge is 2.59. The Balaban J connectivity index is 0.000000130. The number of nitrogens with one attached hydrogen (secondary N) is 3. The van der Waals surface area contributed by atoms with Crippen LogP contribution in [0.1, 0.15) is 35.7 Å². The number of H-pyrrole nitrogens is 3. The number of thiol groups is 1. The molecule has 0 spiro atoms. The molecule has 0 saturated carbocycles. The number of halogens is 6. The van der Waals surface area contributed by atoms with Crippen LogP contribution in [0.4, 0.5) is 61.6 Å². The Bertz CT molecular complexity index is 6510. The molecule has 0 radical (unpaired) electrons. The van der Waals surface area contributed by atoms with E-state index < -0.39 is 241 Å². The number of hydrogen-bond acceptors (Lipinski definition) is 51. The minimum Gasteiger partial charge on any atom is -0.383 e. The lowest BCUT2D eigenvalue weighted by Crippen LogP contribution is -2.34. The molecular weight excluding hydrogens is 2100 g/mol. The number of aromatic amines is 3. The maximum atomic E-state index is 16.0. The number of thioether (sulfide) groups is 2. The van der Waals surface area contributed by atoms with E-state index in [0.29, 0.717) is 5.39 Å². The van der Waals surface area contributed by atoms with Gasteiger partial charge in [0, 0.05) is 6.20 Å². The third-order valence-electron chi connectivity index (χ3n) is 21.3. The van der Waals surface area contributed by atoms with Crippen LogP contribution in [0.15, 0.2) is 52.0 Å². The molecule has 9 aliphatic rings. The van der Waals surface area contributed by atoms with Crippen LogP contribution in [-0.4, -0.2) is 307 Å². The van der Waals surface area contributed by atoms with E-state index in [1.165, 1.54) is 28.0 Å². The van der Waals surface area contributed by atoms with Gasteiger partial charge in [0.25, 0.3) is 16.7 Å². The largest absolute Gasteiger partial charge is 0.386 e. The Morgan fingerprint density at radius 3 is 1.27 bits per heavy atom. The minimum atomic E-state index is -4.44. The van der Waals surface area contributed by atoms with Gasteiger partial charge in [-0.3, -0.25) is 65.6 Å². The van der Waals surface area contributed by atoms with Gasteiger partial charge in [0.1, 0.15) is 120 Å². The summed E-state index contributed by atoms with van der Waals surface area (Å²) in [6.45, 7) is -29.8. The highest BCUT2D eigenvalue weighted by molar-refractivity contribution is 8.44. The molecule has 0 aromatic carbocycles. The Morgan fingerprint density at radius 2 is 0.763 bits per heavy atom. The SMILES string of the molecule is Nc1nc2c(nnn2[C@@H]2O[C@@H]3COP(O)(=S)O[C@H]4[C@H](F)[C@H](n5cnc6c(N)ncnc65)O[C@@H]4COP(O)(=S)O[C@@H]2[C@@H]3F)c(=O)[nH]1.Nc1nc2c(nnn2[C@@H]2S[C@@H]3COP(O)(=S)O[C@H]4[C@H](F)[C@H](n5ccc6c(N)ncnc65)O[C@@H]4COP(=O)(S)O[C@@H]2[C@@H]3F)c(=O)[nH]1.Nc1nc2c(nnn2[C@@H]2S[C@@H]3COP(O)(=S)O[C@H]4[C@H](F)[C@H](n5nnc6c(N)ncnc65)O[C@@H]4COP(O)(=S)O[C@@H]2[C@@H]3F)c(=O)[nH]1. The second kappa shape index (κ2) is 36.9. The second-order valence-electron chi connectivity index (χ2n) is 29.8. The van der Waals surface area contributed by atoms with Crippen molar-refractivity contribution in [2.75, 3.05) is 74.0 Å². The van der Waals surface area contributed by atoms with E-state index in [4.69, 9.17) is 167 Å². The average Bonchev–Trinajstić information content (AvgIpc) is 1.63. The summed E-state index contributed by atoms with van der Waals surface area (Å²) in [5.74, 6) is -0.623. The molecule has 6 unspecified atom stereocenters. The van der Waals surface area contributed by atoms with E-state index in [-0.39, 0.29) is 96.8 Å². The molecule has 12 aromatic heterocycles. The van der Waals surface area contributed by atoms with Gasteiger partial charge in [0.2, 0.25) is 17.8 Å². The van der Waals surface area contributed by atoms with Crippen molar-refractivity contribution in [1.29, 1.82) is 0 Å². The van der Waals surface area contributed by atoms with Gasteiger partial charge in [-0.2, -0.15) is 24.3 Å². The maximum absolute atomic E-state index is 16.0. The van der Waals surface area contributed by atoms with Gasteiger partial charge in [-0.15, -0.1) is 43.9 Å². The molecule has 135 heavy (non-hydrogen) atoms. The second-order valence-corrected chi connectivity index (χ2v) is 49.4. The van der Waals surface area contributed by atoms with Crippen LogP contribution in [0.3, 0.4) is 0 Å². The van der Waals surface area contributed by atoms with Crippen molar-refractivity contribution in [3.63, 3.8) is 0 Å². The fourth-order valence-corrected chi connectivity index (χ4v) is 27.2. The number of fused-ring (bicyclic) bond motifs is 15. The first-order valence-electron chi connectivity index (χ1n) is 38.3. The highest BCUT2D eigenvalue weighted by Crippen LogP contribution is 2.63. The lowest BCUT2D eigenvalue weighted by Gasteiger charge is -2.27.